The molecule has 0 bridgehead atoms. The van der Waals surface area contributed by atoms with E-state index in [-0.39, 0.29) is 17.8 Å². The summed E-state index contributed by atoms with van der Waals surface area (Å²) < 4.78 is 16.5. The second kappa shape index (κ2) is 8.15. The molecule has 29 heavy (non-hydrogen) atoms. The summed E-state index contributed by atoms with van der Waals surface area (Å²) in [6.07, 6.45) is 1.41. The average Bonchev–Trinajstić information content (AvgIpc) is 3.28. The van der Waals surface area contributed by atoms with Crippen molar-refractivity contribution in [1.82, 2.24) is 4.90 Å². The molecule has 1 aliphatic rings. The molecular formula is C23H25NO5. The summed E-state index contributed by atoms with van der Waals surface area (Å²) >= 11 is 0. The van der Waals surface area contributed by atoms with Gasteiger partial charge < -0.3 is 18.8 Å². The maximum atomic E-state index is 12.6. The molecule has 6 heteroatoms. The second-order valence-electron chi connectivity index (χ2n) is 7.31. The fraction of sp³-hybridized carbons (Fsp3) is 0.391. The summed E-state index contributed by atoms with van der Waals surface area (Å²) in [6.45, 7) is 3.39. The standard InChI is InChI=1S/C23H25NO5/c1-3-28-21(26)9-6-12-24-14-15(13-20(24)25)16-10-11-19(27-2)23-22(16)17-7-4-5-8-18(17)29-23/h4-5,7-8,10-11,15H,3,6,9,12-14H2,1-2H3. The Morgan fingerprint density at radius 3 is 2.86 bits per heavy atom. The number of methoxy groups -OCH3 is 1. The minimum absolute atomic E-state index is 0.0829. The molecule has 0 aliphatic carbocycles. The molecule has 1 aliphatic heterocycles. The van der Waals surface area contributed by atoms with Crippen LogP contribution in [0.15, 0.2) is 40.8 Å². The zero-order valence-electron chi connectivity index (χ0n) is 16.8. The number of carbonyl (C=O) groups is 2. The van der Waals surface area contributed by atoms with Crippen LogP contribution in [0.25, 0.3) is 21.9 Å². The first kappa shape index (κ1) is 19.3. The summed E-state index contributed by atoms with van der Waals surface area (Å²) in [4.78, 5) is 26.0. The van der Waals surface area contributed by atoms with Gasteiger partial charge in [0.2, 0.25) is 5.91 Å². The molecule has 0 radical (unpaired) electrons. The Kier molecular flexibility index (Phi) is 5.43. The molecule has 4 rings (SSSR count). The van der Waals surface area contributed by atoms with Crippen LogP contribution in [0.5, 0.6) is 5.75 Å². The number of hydrogen-bond acceptors (Lipinski definition) is 5. The van der Waals surface area contributed by atoms with Crippen LogP contribution < -0.4 is 4.74 Å². The van der Waals surface area contributed by atoms with E-state index in [1.165, 1.54) is 0 Å². The lowest BCUT2D eigenvalue weighted by Crippen LogP contribution is -2.26. The quantitative estimate of drug-likeness (QED) is 0.559. The summed E-state index contributed by atoms with van der Waals surface area (Å²) in [7, 11) is 1.63. The number of ether oxygens (including phenoxy) is 2. The van der Waals surface area contributed by atoms with E-state index >= 15 is 0 Å². The van der Waals surface area contributed by atoms with Gasteiger partial charge in [-0.05, 0) is 31.0 Å². The van der Waals surface area contributed by atoms with Crippen molar-refractivity contribution in [3.05, 3.63) is 42.0 Å². The molecule has 1 saturated heterocycles. The number of likely N-dealkylation sites (tertiary alicyclic amines) is 1. The number of nitrogens with zero attached hydrogens (tertiary/aromatic N) is 1. The fourth-order valence-corrected chi connectivity index (χ4v) is 4.17. The van der Waals surface area contributed by atoms with E-state index in [9.17, 15) is 9.59 Å². The van der Waals surface area contributed by atoms with Crippen molar-refractivity contribution in [3.63, 3.8) is 0 Å². The molecule has 1 unspecified atom stereocenters. The third kappa shape index (κ3) is 3.67. The third-order valence-electron chi connectivity index (χ3n) is 5.51. The second-order valence-corrected chi connectivity index (χ2v) is 7.31. The van der Waals surface area contributed by atoms with Crippen LogP contribution in [0, 0.1) is 0 Å². The first-order chi connectivity index (χ1) is 14.1. The molecule has 6 nitrogen and oxygen atoms in total. The number of furan rings is 1. The lowest BCUT2D eigenvalue weighted by atomic mass is 9.93. The molecule has 152 valence electrons. The monoisotopic (exact) mass is 395 g/mol. The summed E-state index contributed by atoms with van der Waals surface area (Å²) in [5.74, 6) is 0.683. The Morgan fingerprint density at radius 1 is 1.24 bits per heavy atom. The topological polar surface area (TPSA) is 69.0 Å². The molecule has 1 atom stereocenters. The fourth-order valence-electron chi connectivity index (χ4n) is 4.17. The van der Waals surface area contributed by atoms with Crippen LogP contribution in [0.4, 0.5) is 0 Å². The highest BCUT2D eigenvalue weighted by molar-refractivity contribution is 6.09. The van der Waals surface area contributed by atoms with Gasteiger partial charge in [0.25, 0.3) is 0 Å². The number of amides is 1. The average molecular weight is 395 g/mol. The summed E-state index contributed by atoms with van der Waals surface area (Å²) in [6, 6.07) is 11.9. The molecule has 1 aromatic heterocycles. The molecule has 2 heterocycles. The predicted octanol–water partition coefficient (Wildman–Crippen LogP) is 4.25. The Labute approximate surface area is 169 Å². The van der Waals surface area contributed by atoms with E-state index in [2.05, 4.69) is 0 Å². The first-order valence-electron chi connectivity index (χ1n) is 10.0. The van der Waals surface area contributed by atoms with Gasteiger partial charge in [-0.1, -0.05) is 24.3 Å². The normalized spacial score (nSPS) is 16.7. The van der Waals surface area contributed by atoms with Crippen molar-refractivity contribution in [3.8, 4) is 5.75 Å². The lowest BCUT2D eigenvalue weighted by molar-refractivity contribution is -0.143. The van der Waals surface area contributed by atoms with Crippen molar-refractivity contribution in [2.75, 3.05) is 26.8 Å². The van der Waals surface area contributed by atoms with Crippen molar-refractivity contribution >= 4 is 33.8 Å². The highest BCUT2D eigenvalue weighted by atomic mass is 16.5. The van der Waals surface area contributed by atoms with E-state index in [1.54, 1.807) is 14.0 Å². The van der Waals surface area contributed by atoms with Gasteiger partial charge >= 0.3 is 5.97 Å². The number of para-hydroxylation sites is 1. The van der Waals surface area contributed by atoms with E-state index in [4.69, 9.17) is 13.9 Å². The Bertz CT molecular complexity index is 1050. The van der Waals surface area contributed by atoms with Gasteiger partial charge in [0, 0.05) is 42.6 Å². The molecule has 1 amide bonds. The zero-order chi connectivity index (χ0) is 20.4. The van der Waals surface area contributed by atoms with Gasteiger partial charge in [-0.2, -0.15) is 0 Å². The molecule has 1 fully saturated rings. The number of carbonyl (C=O) groups excluding carboxylic acids is 2. The van der Waals surface area contributed by atoms with Crippen molar-refractivity contribution < 1.29 is 23.5 Å². The smallest absolute Gasteiger partial charge is 0.305 e. The number of rotatable bonds is 7. The van der Waals surface area contributed by atoms with E-state index in [0.29, 0.717) is 44.7 Å². The summed E-state index contributed by atoms with van der Waals surface area (Å²) in [5.41, 5.74) is 2.63. The highest BCUT2D eigenvalue weighted by Gasteiger charge is 2.32. The van der Waals surface area contributed by atoms with Crippen LogP contribution in [0.1, 0.15) is 37.7 Å². The number of benzene rings is 2. The van der Waals surface area contributed by atoms with Crippen molar-refractivity contribution in [2.45, 2.75) is 32.1 Å². The van der Waals surface area contributed by atoms with Gasteiger partial charge in [-0.15, -0.1) is 0 Å². The van der Waals surface area contributed by atoms with Crippen LogP contribution >= 0.6 is 0 Å². The Balaban J connectivity index is 1.59. The van der Waals surface area contributed by atoms with Crippen molar-refractivity contribution in [2.24, 2.45) is 0 Å². The SMILES string of the molecule is CCOC(=O)CCCN1CC(c2ccc(OC)c3oc4ccccc4c23)CC1=O. The Hall–Kier alpha value is -3.02. The van der Waals surface area contributed by atoms with E-state index < -0.39 is 0 Å². The maximum Gasteiger partial charge on any atom is 0.305 e. The number of hydrogen-bond donors (Lipinski definition) is 0. The van der Waals surface area contributed by atoms with Gasteiger partial charge in [-0.25, -0.2) is 0 Å². The number of esters is 1. The number of fused-ring (bicyclic) bond motifs is 3. The van der Waals surface area contributed by atoms with E-state index in [1.807, 2.05) is 41.3 Å². The van der Waals surface area contributed by atoms with Crippen molar-refractivity contribution in [1.29, 1.82) is 0 Å². The molecule has 2 aromatic carbocycles. The maximum absolute atomic E-state index is 12.6. The Morgan fingerprint density at radius 2 is 2.07 bits per heavy atom. The van der Waals surface area contributed by atoms with Crippen LogP contribution in [-0.4, -0.2) is 43.6 Å². The van der Waals surface area contributed by atoms with Gasteiger partial charge in [0.05, 0.1) is 13.7 Å². The minimum atomic E-state index is -0.211. The van der Waals surface area contributed by atoms with Crippen LogP contribution in [-0.2, 0) is 14.3 Å². The van der Waals surface area contributed by atoms with Gasteiger partial charge in [-0.3, -0.25) is 9.59 Å². The molecule has 0 saturated carbocycles. The third-order valence-corrected chi connectivity index (χ3v) is 5.51. The highest BCUT2D eigenvalue weighted by Crippen LogP contribution is 2.41. The minimum Gasteiger partial charge on any atom is -0.493 e. The molecular weight excluding hydrogens is 370 g/mol. The van der Waals surface area contributed by atoms with Crippen LogP contribution in [0.3, 0.4) is 0 Å². The van der Waals surface area contributed by atoms with Gasteiger partial charge in [0.15, 0.2) is 11.3 Å². The lowest BCUT2D eigenvalue weighted by Gasteiger charge is -2.17. The van der Waals surface area contributed by atoms with Gasteiger partial charge in [0.1, 0.15) is 5.58 Å². The summed E-state index contributed by atoms with van der Waals surface area (Å²) in [5, 5.41) is 2.05. The largest absolute Gasteiger partial charge is 0.493 e. The molecule has 0 spiro atoms. The molecule has 0 N–H and O–H groups in total. The first-order valence-corrected chi connectivity index (χ1v) is 10.0. The zero-order valence-corrected chi connectivity index (χ0v) is 16.8. The predicted molar refractivity (Wildman–Crippen MR) is 110 cm³/mol. The molecule has 3 aromatic rings. The van der Waals surface area contributed by atoms with Crippen LogP contribution in [0.2, 0.25) is 0 Å². The van der Waals surface area contributed by atoms with E-state index in [0.717, 1.165) is 27.5 Å².